The van der Waals surface area contributed by atoms with E-state index in [4.69, 9.17) is 0 Å². The fourth-order valence-electron chi connectivity index (χ4n) is 2.03. The number of nitrogens with zero attached hydrogens (tertiary/aromatic N) is 4. The molecule has 0 unspecified atom stereocenters. The Morgan fingerprint density at radius 2 is 2.10 bits per heavy atom. The van der Waals surface area contributed by atoms with Crippen molar-refractivity contribution >= 4 is 5.82 Å². The molecule has 0 aromatic carbocycles. The average molecular weight is 275 g/mol. The van der Waals surface area contributed by atoms with E-state index >= 15 is 0 Å². The van der Waals surface area contributed by atoms with Crippen LogP contribution in [-0.4, -0.2) is 19.6 Å². The quantitative estimate of drug-likeness (QED) is 0.843. The minimum absolute atomic E-state index is 0.444. The van der Waals surface area contributed by atoms with E-state index in [2.05, 4.69) is 49.4 Å². The lowest BCUT2D eigenvalue weighted by atomic mass is 10.2. The molecule has 5 nitrogen and oxygen atoms in total. The Balaban J connectivity index is 1.88. The Bertz CT molecular complexity index is 526. The smallest absolute Gasteiger partial charge is 0.148 e. The first kappa shape index (κ1) is 14.6. The summed E-state index contributed by atoms with van der Waals surface area (Å²) in [5, 5.41) is 12.2. The fourth-order valence-corrected chi connectivity index (χ4v) is 2.03. The number of nitrogens with one attached hydrogen (secondary N) is 1. The van der Waals surface area contributed by atoms with Gasteiger partial charge in [0.1, 0.15) is 5.82 Å². The molecule has 0 saturated carbocycles. The largest absolute Gasteiger partial charge is 0.364 e. The van der Waals surface area contributed by atoms with E-state index in [0.29, 0.717) is 12.0 Å². The predicted molar refractivity (Wildman–Crippen MR) is 81.6 cm³/mol. The van der Waals surface area contributed by atoms with Gasteiger partial charge in [0.05, 0.1) is 6.20 Å². The van der Waals surface area contributed by atoms with Gasteiger partial charge < -0.3 is 5.32 Å². The summed E-state index contributed by atoms with van der Waals surface area (Å²) in [5.41, 5.74) is 1.18. The molecule has 2 rings (SSSR count). The SMILES string of the molecule is CC[C@@H](C)n1ccc(NCc2cnn(CC(C)C)c2)n1. The molecule has 20 heavy (non-hydrogen) atoms. The Hall–Kier alpha value is -1.78. The average Bonchev–Trinajstić information content (AvgIpc) is 3.04. The van der Waals surface area contributed by atoms with Crippen LogP contribution in [0.2, 0.25) is 0 Å². The standard InChI is InChI=1S/C15H25N5/c1-5-13(4)20-7-6-15(18-20)16-8-14-9-17-19(11-14)10-12(2)3/h6-7,9,11-13H,5,8,10H2,1-4H3,(H,16,18)/t13-/m1/s1. The van der Waals surface area contributed by atoms with E-state index in [1.807, 2.05) is 27.8 Å². The zero-order valence-corrected chi connectivity index (χ0v) is 12.9. The Labute approximate surface area is 121 Å². The van der Waals surface area contributed by atoms with Crippen molar-refractivity contribution in [3.8, 4) is 0 Å². The highest BCUT2D eigenvalue weighted by Crippen LogP contribution is 2.12. The maximum atomic E-state index is 4.53. The molecule has 0 fully saturated rings. The van der Waals surface area contributed by atoms with E-state index in [1.54, 1.807) is 0 Å². The van der Waals surface area contributed by atoms with Crippen LogP contribution in [0.5, 0.6) is 0 Å². The lowest BCUT2D eigenvalue weighted by Gasteiger charge is -2.08. The third kappa shape index (κ3) is 3.85. The summed E-state index contributed by atoms with van der Waals surface area (Å²) in [4.78, 5) is 0. The summed E-state index contributed by atoms with van der Waals surface area (Å²) in [6.45, 7) is 10.5. The summed E-state index contributed by atoms with van der Waals surface area (Å²) in [5.74, 6) is 1.53. The van der Waals surface area contributed by atoms with Gasteiger partial charge in [-0.2, -0.15) is 10.2 Å². The number of hydrogen-bond donors (Lipinski definition) is 1. The summed E-state index contributed by atoms with van der Waals surface area (Å²) in [7, 11) is 0. The predicted octanol–water partition coefficient (Wildman–Crippen LogP) is 3.32. The van der Waals surface area contributed by atoms with Crippen molar-refractivity contribution in [3.05, 3.63) is 30.2 Å². The molecule has 0 aliphatic heterocycles. The fraction of sp³-hybridized carbons (Fsp3) is 0.600. The van der Waals surface area contributed by atoms with Gasteiger partial charge in [-0.05, 0) is 19.3 Å². The van der Waals surface area contributed by atoms with Gasteiger partial charge in [-0.1, -0.05) is 20.8 Å². The molecule has 2 heterocycles. The zero-order valence-electron chi connectivity index (χ0n) is 12.9. The minimum Gasteiger partial charge on any atom is -0.364 e. The van der Waals surface area contributed by atoms with Gasteiger partial charge in [0.15, 0.2) is 0 Å². The van der Waals surface area contributed by atoms with Crippen LogP contribution in [0.1, 0.15) is 45.7 Å². The lowest BCUT2D eigenvalue weighted by molar-refractivity contribution is 0.479. The number of aromatic nitrogens is 4. The summed E-state index contributed by atoms with van der Waals surface area (Å²) >= 11 is 0. The first-order valence-electron chi connectivity index (χ1n) is 7.38. The molecule has 0 aliphatic carbocycles. The van der Waals surface area contributed by atoms with Gasteiger partial charge in [-0.3, -0.25) is 9.36 Å². The van der Waals surface area contributed by atoms with Gasteiger partial charge >= 0.3 is 0 Å². The highest BCUT2D eigenvalue weighted by Gasteiger charge is 2.05. The van der Waals surface area contributed by atoms with Crippen molar-refractivity contribution in [2.45, 2.75) is 53.2 Å². The first-order valence-corrected chi connectivity index (χ1v) is 7.38. The van der Waals surface area contributed by atoms with Crippen molar-refractivity contribution < 1.29 is 0 Å². The normalized spacial score (nSPS) is 12.8. The second kappa shape index (κ2) is 6.59. The van der Waals surface area contributed by atoms with Crippen LogP contribution in [0.4, 0.5) is 5.82 Å². The van der Waals surface area contributed by atoms with Crippen LogP contribution in [0, 0.1) is 5.92 Å². The van der Waals surface area contributed by atoms with Crippen LogP contribution < -0.4 is 5.32 Å². The molecule has 110 valence electrons. The molecule has 1 N–H and O–H groups in total. The zero-order chi connectivity index (χ0) is 14.5. The van der Waals surface area contributed by atoms with Crippen molar-refractivity contribution in [1.82, 2.24) is 19.6 Å². The van der Waals surface area contributed by atoms with Gasteiger partial charge in [0.25, 0.3) is 0 Å². The Kier molecular flexibility index (Phi) is 4.82. The van der Waals surface area contributed by atoms with Gasteiger partial charge in [0.2, 0.25) is 0 Å². The van der Waals surface area contributed by atoms with E-state index in [0.717, 1.165) is 25.3 Å². The monoisotopic (exact) mass is 275 g/mol. The molecular weight excluding hydrogens is 250 g/mol. The summed E-state index contributed by atoms with van der Waals surface area (Å²) in [6, 6.07) is 2.46. The van der Waals surface area contributed by atoms with E-state index in [-0.39, 0.29) is 0 Å². The second-order valence-electron chi connectivity index (χ2n) is 5.76. The van der Waals surface area contributed by atoms with Crippen molar-refractivity contribution in [1.29, 1.82) is 0 Å². The molecule has 0 saturated heterocycles. The Morgan fingerprint density at radius 1 is 1.30 bits per heavy atom. The molecule has 0 bridgehead atoms. The maximum absolute atomic E-state index is 4.53. The van der Waals surface area contributed by atoms with Crippen molar-refractivity contribution in [3.63, 3.8) is 0 Å². The first-order chi connectivity index (χ1) is 9.58. The molecule has 0 aliphatic rings. The van der Waals surface area contributed by atoms with Crippen molar-refractivity contribution in [2.75, 3.05) is 5.32 Å². The van der Waals surface area contributed by atoms with Crippen LogP contribution in [-0.2, 0) is 13.1 Å². The van der Waals surface area contributed by atoms with E-state index in [9.17, 15) is 0 Å². The van der Waals surface area contributed by atoms with E-state index in [1.165, 1.54) is 5.56 Å². The highest BCUT2D eigenvalue weighted by molar-refractivity contribution is 5.33. The molecule has 0 spiro atoms. The molecule has 5 heteroatoms. The second-order valence-corrected chi connectivity index (χ2v) is 5.76. The summed E-state index contributed by atoms with van der Waals surface area (Å²) < 4.78 is 4.00. The van der Waals surface area contributed by atoms with Crippen LogP contribution in [0.15, 0.2) is 24.7 Å². The maximum Gasteiger partial charge on any atom is 0.148 e. The molecule has 2 aromatic heterocycles. The van der Waals surface area contributed by atoms with Crippen LogP contribution >= 0.6 is 0 Å². The van der Waals surface area contributed by atoms with Crippen LogP contribution in [0.3, 0.4) is 0 Å². The molecule has 2 aromatic rings. The van der Waals surface area contributed by atoms with Crippen LogP contribution in [0.25, 0.3) is 0 Å². The lowest BCUT2D eigenvalue weighted by Crippen LogP contribution is -2.06. The van der Waals surface area contributed by atoms with Gasteiger partial charge in [-0.25, -0.2) is 0 Å². The van der Waals surface area contributed by atoms with Crippen molar-refractivity contribution in [2.24, 2.45) is 5.92 Å². The molecule has 1 atom stereocenters. The number of hydrogen-bond acceptors (Lipinski definition) is 3. The summed E-state index contributed by atoms with van der Waals surface area (Å²) in [6.07, 6.45) is 7.13. The Morgan fingerprint density at radius 3 is 2.80 bits per heavy atom. The van der Waals surface area contributed by atoms with Gasteiger partial charge in [-0.15, -0.1) is 0 Å². The third-order valence-electron chi connectivity index (χ3n) is 3.36. The van der Waals surface area contributed by atoms with E-state index < -0.39 is 0 Å². The minimum atomic E-state index is 0.444. The number of rotatable bonds is 7. The third-order valence-corrected chi connectivity index (χ3v) is 3.36. The molecule has 0 amide bonds. The number of anilines is 1. The van der Waals surface area contributed by atoms with Gasteiger partial charge in [0, 0.05) is 43.2 Å². The molecular formula is C15H25N5. The highest BCUT2D eigenvalue weighted by atomic mass is 15.3. The molecule has 0 radical (unpaired) electrons. The topological polar surface area (TPSA) is 47.7 Å².